The molecule has 2 aromatic carbocycles. The number of halogens is 3. The second kappa shape index (κ2) is 9.24. The number of nitrogens with one attached hydrogen (secondary N) is 1. The lowest BCUT2D eigenvalue weighted by molar-refractivity contribution is -0.279. The van der Waals surface area contributed by atoms with Crippen molar-refractivity contribution in [2.75, 3.05) is 5.32 Å². The minimum atomic E-state index is -4.66. The standard InChI is InChI=1S/C29H30F3N3O2/c1-18-17-33-25(19(2)34-18)35-26(36)22-9-11-24-21(14-22)8-10-23-16-28(37,29(30,31)32)13-12-27(23,24)15-20-6-4-3-5-7-20/h3-7,9,11,14,17,23,37H,8,10,12-13,15-16H2,1-2H3,(H,33,35,36)/t23-,27+,28-/m1/s1. The summed E-state index contributed by atoms with van der Waals surface area (Å²) >= 11 is 0. The van der Waals surface area contributed by atoms with E-state index in [9.17, 15) is 23.1 Å². The second-order valence-electron chi connectivity index (χ2n) is 10.6. The first-order valence-corrected chi connectivity index (χ1v) is 12.6. The van der Waals surface area contributed by atoms with E-state index in [-0.39, 0.29) is 31.1 Å². The third kappa shape index (κ3) is 4.63. The number of hydrogen-bond acceptors (Lipinski definition) is 4. The van der Waals surface area contributed by atoms with E-state index >= 15 is 0 Å². The van der Waals surface area contributed by atoms with E-state index in [1.165, 1.54) is 0 Å². The molecule has 0 spiro atoms. The molecule has 0 unspecified atom stereocenters. The van der Waals surface area contributed by atoms with Crippen molar-refractivity contribution in [3.63, 3.8) is 0 Å². The van der Waals surface area contributed by atoms with E-state index < -0.39 is 17.2 Å². The average Bonchev–Trinajstić information content (AvgIpc) is 2.86. The average molecular weight is 510 g/mol. The maximum absolute atomic E-state index is 13.8. The summed E-state index contributed by atoms with van der Waals surface area (Å²) in [7, 11) is 0. The van der Waals surface area contributed by atoms with Gasteiger partial charge in [0.2, 0.25) is 0 Å². The molecule has 0 bridgehead atoms. The van der Waals surface area contributed by atoms with Crippen LogP contribution in [0.1, 0.15) is 64.1 Å². The minimum Gasteiger partial charge on any atom is -0.380 e. The van der Waals surface area contributed by atoms with Crippen molar-refractivity contribution in [2.45, 2.75) is 69.6 Å². The quantitative estimate of drug-likeness (QED) is 0.462. The predicted octanol–water partition coefficient (Wildman–Crippen LogP) is 5.87. The van der Waals surface area contributed by atoms with E-state index in [1.807, 2.05) is 49.4 Å². The summed E-state index contributed by atoms with van der Waals surface area (Å²) < 4.78 is 41.4. The lowest BCUT2D eigenvalue weighted by Gasteiger charge is -2.53. The molecule has 0 radical (unpaired) electrons. The molecule has 3 aromatic rings. The number of aromatic nitrogens is 2. The fourth-order valence-corrected chi connectivity index (χ4v) is 6.27. The number of nitrogens with zero attached hydrogens (tertiary/aromatic N) is 2. The first kappa shape index (κ1) is 25.4. The van der Waals surface area contributed by atoms with Crippen molar-refractivity contribution in [2.24, 2.45) is 5.92 Å². The molecule has 2 N–H and O–H groups in total. The van der Waals surface area contributed by atoms with Crippen molar-refractivity contribution in [1.82, 2.24) is 9.97 Å². The van der Waals surface area contributed by atoms with Gasteiger partial charge < -0.3 is 10.4 Å². The van der Waals surface area contributed by atoms with Gasteiger partial charge in [-0.15, -0.1) is 0 Å². The summed E-state index contributed by atoms with van der Waals surface area (Å²) in [5, 5.41) is 13.4. The summed E-state index contributed by atoms with van der Waals surface area (Å²) in [6.45, 7) is 3.61. The zero-order valence-corrected chi connectivity index (χ0v) is 20.9. The van der Waals surface area contributed by atoms with Crippen LogP contribution in [0.4, 0.5) is 19.0 Å². The number of rotatable bonds is 4. The number of aliphatic hydroxyl groups is 1. The lowest BCUT2D eigenvalue weighted by Crippen LogP contribution is -2.56. The smallest absolute Gasteiger partial charge is 0.380 e. The Bertz CT molecular complexity index is 1330. The molecule has 37 heavy (non-hydrogen) atoms. The normalized spacial score (nSPS) is 25.2. The van der Waals surface area contributed by atoms with Crippen molar-refractivity contribution < 1.29 is 23.1 Å². The maximum Gasteiger partial charge on any atom is 0.417 e. The highest BCUT2D eigenvalue weighted by molar-refractivity contribution is 6.04. The van der Waals surface area contributed by atoms with Crippen LogP contribution in [0.25, 0.3) is 0 Å². The van der Waals surface area contributed by atoms with Gasteiger partial charge in [-0.25, -0.2) is 4.98 Å². The number of benzene rings is 2. The van der Waals surface area contributed by atoms with Crippen molar-refractivity contribution in [3.8, 4) is 0 Å². The molecule has 0 saturated heterocycles. The SMILES string of the molecule is Cc1cnc(NC(=O)c2ccc3c(c2)CC[C@@H]2C[C@@](O)(C(F)(F)F)CC[C@@]32Cc2ccccc2)c(C)n1. The molecule has 1 aromatic heterocycles. The van der Waals surface area contributed by atoms with E-state index in [0.717, 1.165) is 22.4 Å². The molecule has 1 saturated carbocycles. The minimum absolute atomic E-state index is 0.221. The number of amides is 1. The first-order valence-electron chi connectivity index (χ1n) is 12.6. The molecular formula is C29H30F3N3O2. The van der Waals surface area contributed by atoms with Crippen LogP contribution in [0.15, 0.2) is 54.7 Å². The fourth-order valence-electron chi connectivity index (χ4n) is 6.27. The van der Waals surface area contributed by atoms with Gasteiger partial charge in [-0.3, -0.25) is 9.78 Å². The van der Waals surface area contributed by atoms with E-state index in [4.69, 9.17) is 0 Å². The summed E-state index contributed by atoms with van der Waals surface area (Å²) in [6.07, 6.45) is -1.84. The highest BCUT2D eigenvalue weighted by Crippen LogP contribution is 2.57. The Morgan fingerprint density at radius 3 is 2.59 bits per heavy atom. The fraction of sp³-hybridized carbons (Fsp3) is 0.414. The lowest BCUT2D eigenvalue weighted by atomic mass is 9.52. The molecule has 1 fully saturated rings. The van der Waals surface area contributed by atoms with Gasteiger partial charge in [0, 0.05) is 11.0 Å². The van der Waals surface area contributed by atoms with Gasteiger partial charge in [-0.1, -0.05) is 36.4 Å². The number of fused-ring (bicyclic) bond motifs is 3. The molecule has 194 valence electrons. The van der Waals surface area contributed by atoms with Gasteiger partial charge in [0.1, 0.15) is 0 Å². The predicted molar refractivity (Wildman–Crippen MR) is 134 cm³/mol. The van der Waals surface area contributed by atoms with Gasteiger partial charge in [0.05, 0.1) is 17.6 Å². The van der Waals surface area contributed by atoms with E-state index in [0.29, 0.717) is 36.3 Å². The molecule has 5 nitrogen and oxygen atoms in total. The zero-order chi connectivity index (χ0) is 26.4. The van der Waals surface area contributed by atoms with Crippen LogP contribution < -0.4 is 5.32 Å². The molecule has 2 aliphatic rings. The third-order valence-electron chi connectivity index (χ3n) is 8.21. The second-order valence-corrected chi connectivity index (χ2v) is 10.6. The van der Waals surface area contributed by atoms with Crippen molar-refractivity contribution in [3.05, 3.63) is 88.4 Å². The van der Waals surface area contributed by atoms with Crippen LogP contribution in [-0.4, -0.2) is 32.8 Å². The van der Waals surface area contributed by atoms with Crippen LogP contribution in [0.2, 0.25) is 0 Å². The molecule has 5 rings (SSSR count). The number of anilines is 1. The van der Waals surface area contributed by atoms with Gasteiger partial charge in [-0.05, 0) is 87.1 Å². The molecule has 1 amide bonds. The summed E-state index contributed by atoms with van der Waals surface area (Å²) in [6, 6.07) is 15.3. The topological polar surface area (TPSA) is 75.1 Å². The molecule has 3 atom stereocenters. The van der Waals surface area contributed by atoms with Crippen LogP contribution >= 0.6 is 0 Å². The highest BCUT2D eigenvalue weighted by Gasteiger charge is 2.61. The largest absolute Gasteiger partial charge is 0.417 e. The van der Waals surface area contributed by atoms with Gasteiger partial charge >= 0.3 is 6.18 Å². The first-order chi connectivity index (χ1) is 17.5. The van der Waals surface area contributed by atoms with Gasteiger partial charge in [-0.2, -0.15) is 13.2 Å². The summed E-state index contributed by atoms with van der Waals surface area (Å²) in [5.74, 6) is -0.239. The Morgan fingerprint density at radius 1 is 1.14 bits per heavy atom. The number of hydrogen-bond donors (Lipinski definition) is 2. The molecule has 1 heterocycles. The number of carbonyl (C=O) groups excluding carboxylic acids is 1. The van der Waals surface area contributed by atoms with Crippen LogP contribution in [0.5, 0.6) is 0 Å². The zero-order valence-electron chi connectivity index (χ0n) is 20.9. The molecule has 8 heteroatoms. The number of alkyl halides is 3. The van der Waals surface area contributed by atoms with Crippen molar-refractivity contribution in [1.29, 1.82) is 0 Å². The monoisotopic (exact) mass is 509 g/mol. The van der Waals surface area contributed by atoms with E-state index in [1.54, 1.807) is 19.2 Å². The Morgan fingerprint density at radius 2 is 1.89 bits per heavy atom. The van der Waals surface area contributed by atoms with Crippen LogP contribution in [-0.2, 0) is 18.3 Å². The van der Waals surface area contributed by atoms with E-state index in [2.05, 4.69) is 15.3 Å². The molecule has 2 aliphatic carbocycles. The number of carbonyl (C=O) groups is 1. The van der Waals surface area contributed by atoms with Gasteiger partial charge in [0.15, 0.2) is 11.4 Å². The Labute approximate surface area is 214 Å². The van der Waals surface area contributed by atoms with Crippen LogP contribution in [0.3, 0.4) is 0 Å². The molecule has 0 aliphatic heterocycles. The summed E-state index contributed by atoms with van der Waals surface area (Å²) in [4.78, 5) is 21.7. The van der Waals surface area contributed by atoms with Crippen molar-refractivity contribution >= 4 is 11.7 Å². The maximum atomic E-state index is 13.8. The van der Waals surface area contributed by atoms with Gasteiger partial charge in [0.25, 0.3) is 5.91 Å². The third-order valence-corrected chi connectivity index (χ3v) is 8.21. The molecular weight excluding hydrogens is 479 g/mol. The Balaban J connectivity index is 1.50. The van der Waals surface area contributed by atoms with Crippen LogP contribution in [0, 0.1) is 19.8 Å². The Kier molecular flexibility index (Phi) is 6.34. The number of aryl methyl sites for hydroxylation is 3. The Hall–Kier alpha value is -3.26. The highest BCUT2D eigenvalue weighted by atomic mass is 19.4. The summed E-state index contributed by atoms with van der Waals surface area (Å²) in [5.41, 5.74) is 1.65.